The Morgan fingerprint density at radius 1 is 1.25 bits per heavy atom. The third kappa shape index (κ3) is 6.59. The molecule has 0 aliphatic rings. The van der Waals surface area contributed by atoms with Gasteiger partial charge in [0, 0.05) is 23.6 Å². The summed E-state index contributed by atoms with van der Waals surface area (Å²) in [6, 6.07) is 7.74. The van der Waals surface area contributed by atoms with Gasteiger partial charge in [-0.25, -0.2) is 4.39 Å². The van der Waals surface area contributed by atoms with Crippen LogP contribution in [0.5, 0.6) is 5.75 Å². The van der Waals surface area contributed by atoms with Crippen molar-refractivity contribution in [3.8, 4) is 5.75 Å². The number of anilines is 1. The van der Waals surface area contributed by atoms with Crippen LogP contribution in [0.4, 0.5) is 15.8 Å². The Bertz CT molecular complexity index is 914. The second kappa shape index (κ2) is 10.2. The van der Waals surface area contributed by atoms with E-state index in [-0.39, 0.29) is 29.5 Å². The van der Waals surface area contributed by atoms with Crippen LogP contribution >= 0.6 is 35.4 Å². The monoisotopic (exact) mass is 445 g/mol. The first kappa shape index (κ1) is 21.8. The van der Waals surface area contributed by atoms with Crippen LogP contribution < -0.4 is 15.4 Å². The van der Waals surface area contributed by atoms with Crippen LogP contribution in [-0.4, -0.2) is 22.5 Å². The van der Waals surface area contributed by atoms with Gasteiger partial charge in [-0.2, -0.15) is 0 Å². The van der Waals surface area contributed by atoms with Crippen molar-refractivity contribution in [2.75, 3.05) is 11.9 Å². The van der Waals surface area contributed by atoms with E-state index in [0.29, 0.717) is 22.2 Å². The second-order valence-electron chi connectivity index (χ2n) is 5.45. The molecule has 0 aliphatic carbocycles. The fourth-order valence-electron chi connectivity index (χ4n) is 2.07. The molecule has 0 radical (unpaired) electrons. The molecule has 148 valence electrons. The minimum absolute atomic E-state index is 0.0877. The van der Waals surface area contributed by atoms with E-state index < -0.39 is 16.6 Å². The van der Waals surface area contributed by atoms with Gasteiger partial charge in [0.15, 0.2) is 5.11 Å². The molecule has 2 N–H and O–H groups in total. The van der Waals surface area contributed by atoms with Gasteiger partial charge in [0.1, 0.15) is 11.6 Å². The van der Waals surface area contributed by atoms with E-state index >= 15 is 0 Å². The lowest BCUT2D eigenvalue weighted by Crippen LogP contribution is -2.34. The van der Waals surface area contributed by atoms with Gasteiger partial charge in [0.2, 0.25) is 5.91 Å². The number of benzene rings is 2. The number of nitro benzene ring substituents is 1. The fourth-order valence-corrected chi connectivity index (χ4v) is 2.76. The topological polar surface area (TPSA) is 93.5 Å². The zero-order valence-electron chi connectivity index (χ0n) is 14.2. The van der Waals surface area contributed by atoms with Crippen molar-refractivity contribution in [2.45, 2.75) is 12.8 Å². The van der Waals surface area contributed by atoms with Crippen LogP contribution in [-0.2, 0) is 4.79 Å². The van der Waals surface area contributed by atoms with Gasteiger partial charge >= 0.3 is 0 Å². The lowest BCUT2D eigenvalue weighted by Gasteiger charge is -2.11. The number of thiocarbonyl (C=S) groups is 1. The van der Waals surface area contributed by atoms with Gasteiger partial charge in [-0.1, -0.05) is 23.2 Å². The van der Waals surface area contributed by atoms with Crippen LogP contribution in [0.3, 0.4) is 0 Å². The molecule has 7 nitrogen and oxygen atoms in total. The third-order valence-electron chi connectivity index (χ3n) is 3.36. The Morgan fingerprint density at radius 3 is 2.68 bits per heavy atom. The van der Waals surface area contributed by atoms with E-state index in [2.05, 4.69) is 10.6 Å². The minimum Gasteiger partial charge on any atom is -0.492 e. The Balaban J connectivity index is 1.77. The first-order valence-electron chi connectivity index (χ1n) is 7.89. The number of nitrogens with one attached hydrogen (secondary N) is 2. The first-order valence-corrected chi connectivity index (χ1v) is 9.05. The Morgan fingerprint density at radius 2 is 2.00 bits per heavy atom. The molecule has 0 atom stereocenters. The number of halogens is 3. The van der Waals surface area contributed by atoms with Gasteiger partial charge in [0.25, 0.3) is 5.69 Å². The van der Waals surface area contributed by atoms with Crippen molar-refractivity contribution >= 4 is 57.8 Å². The molecule has 0 aromatic heterocycles. The molecule has 28 heavy (non-hydrogen) atoms. The van der Waals surface area contributed by atoms with Crippen LogP contribution in [0.1, 0.15) is 12.8 Å². The maximum absolute atomic E-state index is 13.7. The number of ether oxygens (including phenoxy) is 1. The smallest absolute Gasteiger partial charge is 0.271 e. The molecule has 0 bridgehead atoms. The maximum Gasteiger partial charge on any atom is 0.271 e. The minimum atomic E-state index is -0.740. The van der Waals surface area contributed by atoms with E-state index in [0.717, 1.165) is 18.2 Å². The van der Waals surface area contributed by atoms with Gasteiger partial charge < -0.3 is 15.4 Å². The highest BCUT2D eigenvalue weighted by Crippen LogP contribution is 2.27. The molecule has 0 fully saturated rings. The Hall–Kier alpha value is -2.49. The average molecular weight is 446 g/mol. The van der Waals surface area contributed by atoms with Crippen LogP contribution in [0.2, 0.25) is 10.0 Å². The number of non-ortho nitro benzene ring substituents is 1. The SMILES string of the molecule is O=C(CCCOc1ccc(Cl)cc1Cl)NC(=S)Nc1cc([N+](=O)[O-])ccc1F. The summed E-state index contributed by atoms with van der Waals surface area (Å²) in [6.07, 6.45) is 0.461. The van der Waals surface area contributed by atoms with Crippen molar-refractivity contribution in [1.82, 2.24) is 5.32 Å². The summed E-state index contributed by atoms with van der Waals surface area (Å²) in [5.74, 6) is -0.714. The molecule has 0 unspecified atom stereocenters. The predicted octanol–water partition coefficient (Wildman–Crippen LogP) is 4.71. The summed E-state index contributed by atoms with van der Waals surface area (Å²) < 4.78 is 19.2. The summed E-state index contributed by atoms with van der Waals surface area (Å²) in [5, 5.41) is 16.2. The molecule has 2 rings (SSSR count). The van der Waals surface area contributed by atoms with E-state index in [1.807, 2.05) is 0 Å². The standard InChI is InChI=1S/C17H14Cl2FN3O4S/c18-10-3-6-15(12(19)8-10)27-7-1-2-16(24)22-17(28)21-14-9-11(23(25)26)4-5-13(14)20/h3-6,8-9H,1-2,7H2,(H2,21,22,24,28). The average Bonchev–Trinajstić information content (AvgIpc) is 2.61. The first-order chi connectivity index (χ1) is 13.3. The summed E-state index contributed by atoms with van der Waals surface area (Å²) in [4.78, 5) is 22.0. The zero-order chi connectivity index (χ0) is 20.7. The van der Waals surface area contributed by atoms with Crippen molar-refractivity contribution in [3.05, 3.63) is 62.4 Å². The molecular weight excluding hydrogens is 432 g/mol. The third-order valence-corrected chi connectivity index (χ3v) is 4.10. The number of carbonyl (C=O) groups excluding carboxylic acids is 1. The van der Waals surface area contributed by atoms with Crippen molar-refractivity contribution in [2.24, 2.45) is 0 Å². The largest absolute Gasteiger partial charge is 0.492 e. The number of nitro groups is 1. The maximum atomic E-state index is 13.7. The van der Waals surface area contributed by atoms with Crippen molar-refractivity contribution in [1.29, 1.82) is 0 Å². The Kier molecular flexibility index (Phi) is 7.91. The highest BCUT2D eigenvalue weighted by molar-refractivity contribution is 7.80. The van der Waals surface area contributed by atoms with Crippen LogP contribution in [0.15, 0.2) is 36.4 Å². The molecule has 0 saturated carbocycles. The summed E-state index contributed by atoms with van der Waals surface area (Å²) in [5.41, 5.74) is -0.517. The molecule has 0 spiro atoms. The number of amides is 1. The van der Waals surface area contributed by atoms with Gasteiger partial charge in [-0.05, 0) is 42.9 Å². The normalized spacial score (nSPS) is 10.2. The molecule has 2 aromatic carbocycles. The van der Waals surface area contributed by atoms with Gasteiger partial charge in [-0.3, -0.25) is 14.9 Å². The molecule has 0 aliphatic heterocycles. The number of nitrogens with zero attached hydrogens (tertiary/aromatic N) is 1. The quantitative estimate of drug-likeness (QED) is 0.277. The number of hydrogen-bond acceptors (Lipinski definition) is 5. The van der Waals surface area contributed by atoms with Crippen molar-refractivity contribution < 1.29 is 18.8 Å². The van der Waals surface area contributed by atoms with Crippen LogP contribution in [0.25, 0.3) is 0 Å². The van der Waals surface area contributed by atoms with E-state index in [9.17, 15) is 19.3 Å². The summed E-state index contributed by atoms with van der Waals surface area (Å²) in [6.45, 7) is 0.231. The Labute approximate surface area is 174 Å². The predicted molar refractivity (Wildman–Crippen MR) is 109 cm³/mol. The van der Waals surface area contributed by atoms with E-state index in [4.69, 9.17) is 40.2 Å². The zero-order valence-corrected chi connectivity index (χ0v) is 16.5. The molecule has 0 heterocycles. The number of hydrogen-bond donors (Lipinski definition) is 2. The van der Waals surface area contributed by atoms with Crippen molar-refractivity contribution in [3.63, 3.8) is 0 Å². The molecule has 1 amide bonds. The lowest BCUT2D eigenvalue weighted by atomic mass is 10.2. The van der Waals surface area contributed by atoms with Crippen LogP contribution in [0, 0.1) is 15.9 Å². The fraction of sp³-hybridized carbons (Fsp3) is 0.176. The number of rotatable bonds is 7. The molecule has 11 heteroatoms. The second-order valence-corrected chi connectivity index (χ2v) is 6.70. The number of carbonyl (C=O) groups is 1. The lowest BCUT2D eigenvalue weighted by molar-refractivity contribution is -0.384. The summed E-state index contributed by atoms with van der Waals surface area (Å²) >= 11 is 16.7. The highest BCUT2D eigenvalue weighted by atomic mass is 35.5. The van der Waals surface area contributed by atoms with E-state index in [1.165, 1.54) is 0 Å². The molecule has 2 aromatic rings. The molecular formula is C17H14Cl2FN3O4S. The van der Waals surface area contributed by atoms with Gasteiger partial charge in [0.05, 0.1) is 22.2 Å². The van der Waals surface area contributed by atoms with Gasteiger partial charge in [-0.15, -0.1) is 0 Å². The summed E-state index contributed by atoms with van der Waals surface area (Å²) in [7, 11) is 0. The highest BCUT2D eigenvalue weighted by Gasteiger charge is 2.13. The molecule has 0 saturated heterocycles. The van der Waals surface area contributed by atoms with E-state index in [1.54, 1.807) is 18.2 Å².